The number of para-hydroxylation sites is 1. The van der Waals surface area contributed by atoms with Gasteiger partial charge in [0.1, 0.15) is 11.6 Å². The molecular formula is C19H17BrN2O3. The van der Waals surface area contributed by atoms with Gasteiger partial charge in [0.25, 0.3) is 5.91 Å². The van der Waals surface area contributed by atoms with Crippen molar-refractivity contribution in [3.63, 3.8) is 0 Å². The lowest BCUT2D eigenvalue weighted by molar-refractivity contribution is -0.112. The van der Waals surface area contributed by atoms with Crippen molar-refractivity contribution in [2.75, 3.05) is 19.5 Å². The first-order chi connectivity index (χ1) is 12.0. The molecule has 0 aliphatic rings. The Hall–Kier alpha value is -2.78. The van der Waals surface area contributed by atoms with Crippen molar-refractivity contribution in [3.8, 4) is 17.6 Å². The van der Waals surface area contributed by atoms with Crippen molar-refractivity contribution in [3.05, 3.63) is 57.6 Å². The smallest absolute Gasteiger partial charge is 0.266 e. The summed E-state index contributed by atoms with van der Waals surface area (Å²) in [6.45, 7) is 1.89. The van der Waals surface area contributed by atoms with E-state index in [9.17, 15) is 10.1 Å². The van der Waals surface area contributed by atoms with Gasteiger partial charge in [-0.25, -0.2) is 0 Å². The average molecular weight is 401 g/mol. The molecule has 0 atom stereocenters. The molecule has 0 heterocycles. The normalized spacial score (nSPS) is 10.8. The molecule has 5 nitrogen and oxygen atoms in total. The van der Waals surface area contributed by atoms with E-state index < -0.39 is 5.91 Å². The summed E-state index contributed by atoms with van der Waals surface area (Å²) >= 11 is 3.39. The molecule has 6 heteroatoms. The van der Waals surface area contributed by atoms with E-state index in [1.165, 1.54) is 20.3 Å². The van der Waals surface area contributed by atoms with Crippen LogP contribution in [0.15, 0.2) is 46.4 Å². The second-order valence-corrected chi connectivity index (χ2v) is 6.03. The Morgan fingerprint density at radius 1 is 1.24 bits per heavy atom. The van der Waals surface area contributed by atoms with Crippen LogP contribution < -0.4 is 14.8 Å². The predicted octanol–water partition coefficient (Wildman–Crippen LogP) is 4.32. The van der Waals surface area contributed by atoms with Gasteiger partial charge in [0.2, 0.25) is 0 Å². The van der Waals surface area contributed by atoms with Gasteiger partial charge >= 0.3 is 0 Å². The summed E-state index contributed by atoms with van der Waals surface area (Å²) < 4.78 is 11.2. The van der Waals surface area contributed by atoms with Crippen LogP contribution in [0.1, 0.15) is 11.1 Å². The summed E-state index contributed by atoms with van der Waals surface area (Å²) in [5.74, 6) is 0.574. The maximum Gasteiger partial charge on any atom is 0.266 e. The third-order valence-corrected chi connectivity index (χ3v) is 4.11. The number of hydrogen-bond donors (Lipinski definition) is 1. The number of anilines is 1. The zero-order valence-electron chi connectivity index (χ0n) is 14.1. The largest absolute Gasteiger partial charge is 0.493 e. The van der Waals surface area contributed by atoms with Gasteiger partial charge in [-0.1, -0.05) is 18.2 Å². The zero-order valence-corrected chi connectivity index (χ0v) is 15.7. The van der Waals surface area contributed by atoms with Crippen molar-refractivity contribution in [2.24, 2.45) is 0 Å². The summed E-state index contributed by atoms with van der Waals surface area (Å²) in [7, 11) is 3.06. The van der Waals surface area contributed by atoms with Gasteiger partial charge in [-0.15, -0.1) is 0 Å². The summed E-state index contributed by atoms with van der Waals surface area (Å²) in [6, 6.07) is 12.8. The topological polar surface area (TPSA) is 71.3 Å². The molecule has 0 radical (unpaired) electrons. The lowest BCUT2D eigenvalue weighted by atomic mass is 10.1. The molecule has 0 bridgehead atoms. The zero-order chi connectivity index (χ0) is 18.4. The third kappa shape index (κ3) is 4.40. The summed E-state index contributed by atoms with van der Waals surface area (Å²) in [5, 5.41) is 12.1. The molecule has 2 rings (SSSR count). The lowest BCUT2D eigenvalue weighted by Gasteiger charge is -2.11. The van der Waals surface area contributed by atoms with Crippen LogP contribution in [0.4, 0.5) is 5.69 Å². The van der Waals surface area contributed by atoms with E-state index in [1.807, 2.05) is 31.2 Å². The van der Waals surface area contributed by atoms with Gasteiger partial charge in [0.05, 0.1) is 18.7 Å². The minimum Gasteiger partial charge on any atom is -0.493 e. The highest BCUT2D eigenvalue weighted by Crippen LogP contribution is 2.36. The Bertz CT molecular complexity index is 869. The lowest BCUT2D eigenvalue weighted by Crippen LogP contribution is -2.14. The highest BCUT2D eigenvalue weighted by atomic mass is 79.9. The fourth-order valence-electron chi connectivity index (χ4n) is 2.24. The minimum atomic E-state index is -0.470. The van der Waals surface area contributed by atoms with Crippen LogP contribution in [0.2, 0.25) is 0 Å². The number of hydrogen-bond acceptors (Lipinski definition) is 4. The molecule has 0 aliphatic carbocycles. The van der Waals surface area contributed by atoms with Gasteiger partial charge in [0.15, 0.2) is 11.5 Å². The van der Waals surface area contributed by atoms with Crippen LogP contribution in [0.5, 0.6) is 11.5 Å². The Morgan fingerprint density at radius 3 is 2.56 bits per heavy atom. The number of halogens is 1. The van der Waals surface area contributed by atoms with Crippen molar-refractivity contribution < 1.29 is 14.3 Å². The molecule has 2 aromatic rings. The molecule has 2 aromatic carbocycles. The number of nitrogens with zero attached hydrogens (tertiary/aromatic N) is 1. The number of nitrogens with one attached hydrogen (secondary N) is 1. The van der Waals surface area contributed by atoms with Crippen molar-refractivity contribution in [2.45, 2.75) is 6.92 Å². The number of nitriles is 1. The second-order valence-electron chi connectivity index (χ2n) is 5.18. The molecule has 0 unspecified atom stereocenters. The van der Waals surface area contributed by atoms with E-state index in [0.717, 1.165) is 5.56 Å². The van der Waals surface area contributed by atoms with E-state index in [1.54, 1.807) is 18.2 Å². The van der Waals surface area contributed by atoms with Gasteiger partial charge in [-0.3, -0.25) is 4.79 Å². The Kier molecular flexibility index (Phi) is 6.20. The maximum atomic E-state index is 12.4. The Balaban J connectivity index is 2.34. The van der Waals surface area contributed by atoms with Crippen LogP contribution in [-0.2, 0) is 4.79 Å². The standard InChI is InChI=1S/C19H17BrN2O3/c1-12-6-4-5-7-16(12)22-19(23)14(11-21)8-13-9-15(20)18(25-3)17(10-13)24-2/h4-10H,1-3H3,(H,22,23)/b14-8-. The number of carbonyl (C=O) groups excluding carboxylic acids is 1. The molecular weight excluding hydrogens is 384 g/mol. The van der Waals surface area contributed by atoms with Gasteiger partial charge < -0.3 is 14.8 Å². The quantitative estimate of drug-likeness (QED) is 0.599. The summed E-state index contributed by atoms with van der Waals surface area (Å²) in [6.07, 6.45) is 1.50. The van der Waals surface area contributed by atoms with Crippen LogP contribution in [0, 0.1) is 18.3 Å². The highest BCUT2D eigenvalue weighted by Gasteiger charge is 2.13. The monoisotopic (exact) mass is 400 g/mol. The second kappa shape index (κ2) is 8.36. The Morgan fingerprint density at radius 2 is 1.96 bits per heavy atom. The molecule has 1 amide bonds. The average Bonchev–Trinajstić information content (AvgIpc) is 2.60. The molecule has 0 saturated carbocycles. The first-order valence-electron chi connectivity index (χ1n) is 7.40. The number of amides is 1. The number of carbonyl (C=O) groups is 1. The fraction of sp³-hybridized carbons (Fsp3) is 0.158. The van der Waals surface area contributed by atoms with Gasteiger partial charge in [-0.05, 0) is 58.3 Å². The first-order valence-corrected chi connectivity index (χ1v) is 8.19. The molecule has 128 valence electrons. The maximum absolute atomic E-state index is 12.4. The third-order valence-electron chi connectivity index (χ3n) is 3.53. The molecule has 0 aromatic heterocycles. The number of ether oxygens (including phenoxy) is 2. The van der Waals surface area contributed by atoms with Crippen molar-refractivity contribution in [1.29, 1.82) is 5.26 Å². The van der Waals surface area contributed by atoms with Gasteiger partial charge in [0, 0.05) is 5.69 Å². The van der Waals surface area contributed by atoms with Crippen LogP contribution in [0.3, 0.4) is 0 Å². The van der Waals surface area contributed by atoms with Crippen molar-refractivity contribution in [1.82, 2.24) is 0 Å². The SMILES string of the molecule is COc1cc(/C=C(/C#N)C(=O)Nc2ccccc2C)cc(Br)c1OC. The molecule has 25 heavy (non-hydrogen) atoms. The van der Waals surface area contributed by atoms with E-state index in [4.69, 9.17) is 9.47 Å². The number of methoxy groups -OCH3 is 2. The molecule has 0 saturated heterocycles. The summed E-state index contributed by atoms with van der Waals surface area (Å²) in [4.78, 5) is 12.4. The summed E-state index contributed by atoms with van der Waals surface area (Å²) in [5.41, 5.74) is 2.22. The van der Waals surface area contributed by atoms with Crippen LogP contribution >= 0.6 is 15.9 Å². The first kappa shape index (κ1) is 18.6. The molecule has 0 aliphatic heterocycles. The van der Waals surface area contributed by atoms with Crippen LogP contribution in [0.25, 0.3) is 6.08 Å². The number of benzene rings is 2. The minimum absolute atomic E-state index is 0.0117. The highest BCUT2D eigenvalue weighted by molar-refractivity contribution is 9.10. The van der Waals surface area contributed by atoms with Crippen LogP contribution in [-0.4, -0.2) is 20.1 Å². The van der Waals surface area contributed by atoms with E-state index in [0.29, 0.717) is 27.2 Å². The van der Waals surface area contributed by atoms with E-state index >= 15 is 0 Å². The molecule has 0 fully saturated rings. The molecule has 0 spiro atoms. The number of rotatable bonds is 5. The van der Waals surface area contributed by atoms with E-state index in [-0.39, 0.29) is 5.57 Å². The number of aryl methyl sites for hydroxylation is 1. The predicted molar refractivity (Wildman–Crippen MR) is 101 cm³/mol. The van der Waals surface area contributed by atoms with E-state index in [2.05, 4.69) is 21.2 Å². The van der Waals surface area contributed by atoms with Crippen molar-refractivity contribution >= 4 is 33.6 Å². The Labute approximate surface area is 155 Å². The van der Waals surface area contributed by atoms with Gasteiger partial charge in [-0.2, -0.15) is 5.26 Å². The fourth-order valence-corrected chi connectivity index (χ4v) is 2.86. The molecule has 1 N–H and O–H groups in total.